The Hall–Kier alpha value is -2.43. The summed E-state index contributed by atoms with van der Waals surface area (Å²) in [7, 11) is 0. The van der Waals surface area contributed by atoms with Crippen LogP contribution in [0.25, 0.3) is 10.9 Å². The molecule has 19 heavy (non-hydrogen) atoms. The van der Waals surface area contributed by atoms with Crippen molar-refractivity contribution in [2.45, 2.75) is 12.7 Å². The van der Waals surface area contributed by atoms with Crippen LogP contribution in [0.2, 0.25) is 0 Å². The van der Waals surface area contributed by atoms with Gasteiger partial charge in [-0.3, -0.25) is 4.79 Å². The topological polar surface area (TPSA) is 71.6 Å². The SMILES string of the molecule is N#CC(Cn1nnc2ccccc2c1=O)C(F)(F)F. The van der Waals surface area contributed by atoms with Crippen molar-refractivity contribution < 1.29 is 13.2 Å². The van der Waals surface area contributed by atoms with Crippen molar-refractivity contribution in [3.63, 3.8) is 0 Å². The first kappa shape index (κ1) is 13.0. The van der Waals surface area contributed by atoms with Crippen molar-refractivity contribution in [2.24, 2.45) is 5.92 Å². The number of nitriles is 1. The van der Waals surface area contributed by atoms with Gasteiger partial charge in [0.1, 0.15) is 5.52 Å². The lowest BCUT2D eigenvalue weighted by Crippen LogP contribution is -2.33. The van der Waals surface area contributed by atoms with Crippen LogP contribution >= 0.6 is 0 Å². The quantitative estimate of drug-likeness (QED) is 0.827. The molecule has 1 heterocycles. The highest BCUT2D eigenvalue weighted by Crippen LogP contribution is 2.26. The summed E-state index contributed by atoms with van der Waals surface area (Å²) < 4.78 is 38.0. The zero-order valence-electron chi connectivity index (χ0n) is 9.42. The molecule has 0 bridgehead atoms. The Kier molecular flexibility index (Phi) is 3.21. The standard InChI is InChI=1S/C11H7F3N4O/c12-11(13,14)7(5-15)6-18-10(19)8-3-1-2-4-9(8)16-17-18/h1-4,7H,6H2. The zero-order valence-corrected chi connectivity index (χ0v) is 9.42. The van der Waals surface area contributed by atoms with E-state index < -0.39 is 24.2 Å². The van der Waals surface area contributed by atoms with Gasteiger partial charge in [0.25, 0.3) is 5.56 Å². The van der Waals surface area contributed by atoms with Crippen molar-refractivity contribution in [1.29, 1.82) is 5.26 Å². The van der Waals surface area contributed by atoms with Gasteiger partial charge >= 0.3 is 6.18 Å². The maximum Gasteiger partial charge on any atom is 0.406 e. The largest absolute Gasteiger partial charge is 0.406 e. The summed E-state index contributed by atoms with van der Waals surface area (Å²) in [6, 6.07) is 7.29. The van der Waals surface area contributed by atoms with Gasteiger partial charge in [0, 0.05) is 0 Å². The van der Waals surface area contributed by atoms with Crippen molar-refractivity contribution in [2.75, 3.05) is 0 Å². The minimum atomic E-state index is -4.71. The molecular weight excluding hydrogens is 261 g/mol. The number of rotatable bonds is 2. The average Bonchev–Trinajstić information content (AvgIpc) is 2.37. The first-order valence-electron chi connectivity index (χ1n) is 5.22. The highest BCUT2D eigenvalue weighted by molar-refractivity contribution is 5.76. The Morgan fingerprint density at radius 1 is 1.37 bits per heavy atom. The van der Waals surface area contributed by atoms with Gasteiger partial charge in [-0.15, -0.1) is 5.10 Å². The number of aromatic nitrogens is 3. The summed E-state index contributed by atoms with van der Waals surface area (Å²) in [5.41, 5.74) is -0.403. The Morgan fingerprint density at radius 3 is 2.68 bits per heavy atom. The van der Waals surface area contributed by atoms with Gasteiger partial charge in [0.2, 0.25) is 0 Å². The molecule has 0 saturated carbocycles. The first-order chi connectivity index (χ1) is 8.93. The van der Waals surface area contributed by atoms with Crippen molar-refractivity contribution in [3.05, 3.63) is 34.6 Å². The van der Waals surface area contributed by atoms with E-state index in [-0.39, 0.29) is 5.39 Å². The maximum atomic E-state index is 12.5. The fourth-order valence-corrected chi connectivity index (χ4v) is 1.53. The zero-order chi connectivity index (χ0) is 14.0. The van der Waals surface area contributed by atoms with Crippen LogP contribution in [0.3, 0.4) is 0 Å². The van der Waals surface area contributed by atoms with Gasteiger partial charge in [-0.1, -0.05) is 17.3 Å². The van der Waals surface area contributed by atoms with E-state index >= 15 is 0 Å². The molecule has 0 amide bonds. The molecule has 98 valence electrons. The number of halogens is 3. The Bertz CT molecular complexity index is 701. The molecule has 1 unspecified atom stereocenters. The predicted octanol–water partition coefficient (Wildman–Crippen LogP) is 1.49. The summed E-state index contributed by atoms with van der Waals surface area (Å²) in [4.78, 5) is 11.9. The molecule has 1 aromatic heterocycles. The van der Waals surface area contributed by atoms with Gasteiger partial charge in [0.05, 0.1) is 18.0 Å². The fraction of sp³-hybridized carbons (Fsp3) is 0.273. The van der Waals surface area contributed by atoms with Crippen LogP contribution in [-0.4, -0.2) is 21.2 Å². The van der Waals surface area contributed by atoms with Gasteiger partial charge in [-0.25, -0.2) is 4.68 Å². The Morgan fingerprint density at radius 2 is 2.05 bits per heavy atom. The molecule has 1 atom stereocenters. The van der Waals surface area contributed by atoms with Crippen LogP contribution in [0.1, 0.15) is 0 Å². The van der Waals surface area contributed by atoms with E-state index in [1.54, 1.807) is 12.1 Å². The molecule has 0 spiro atoms. The third-order valence-corrected chi connectivity index (χ3v) is 2.54. The smallest absolute Gasteiger partial charge is 0.267 e. The molecule has 0 radical (unpaired) electrons. The average molecular weight is 268 g/mol. The Balaban J connectivity index is 2.45. The lowest BCUT2D eigenvalue weighted by atomic mass is 10.1. The molecule has 8 heteroatoms. The molecule has 0 fully saturated rings. The lowest BCUT2D eigenvalue weighted by Gasteiger charge is -2.13. The van der Waals surface area contributed by atoms with Crippen LogP contribution in [0, 0.1) is 17.2 Å². The molecule has 2 rings (SSSR count). The van der Waals surface area contributed by atoms with E-state index in [0.717, 1.165) is 6.07 Å². The predicted molar refractivity (Wildman–Crippen MR) is 59.0 cm³/mol. The van der Waals surface area contributed by atoms with E-state index in [4.69, 9.17) is 5.26 Å². The molecule has 2 aromatic rings. The van der Waals surface area contributed by atoms with Crippen LogP contribution in [0.4, 0.5) is 13.2 Å². The number of hydrogen-bond donors (Lipinski definition) is 0. The highest BCUT2D eigenvalue weighted by atomic mass is 19.4. The second kappa shape index (κ2) is 4.68. The van der Waals surface area contributed by atoms with E-state index in [0.29, 0.717) is 10.2 Å². The minimum Gasteiger partial charge on any atom is -0.267 e. The van der Waals surface area contributed by atoms with Gasteiger partial charge < -0.3 is 0 Å². The van der Waals surface area contributed by atoms with Crippen LogP contribution in [-0.2, 0) is 6.54 Å². The normalized spacial score (nSPS) is 13.2. The maximum absolute atomic E-state index is 12.5. The number of alkyl halides is 3. The molecule has 0 saturated heterocycles. The molecule has 0 aliphatic heterocycles. The molecule has 0 N–H and O–H groups in total. The van der Waals surface area contributed by atoms with E-state index in [2.05, 4.69) is 10.3 Å². The Labute approximate surface area is 104 Å². The lowest BCUT2D eigenvalue weighted by molar-refractivity contribution is -0.162. The number of nitrogens with zero attached hydrogens (tertiary/aromatic N) is 4. The minimum absolute atomic E-state index is 0.163. The fourth-order valence-electron chi connectivity index (χ4n) is 1.53. The van der Waals surface area contributed by atoms with Gasteiger partial charge in [0.15, 0.2) is 5.92 Å². The highest BCUT2D eigenvalue weighted by Gasteiger charge is 2.40. The van der Waals surface area contributed by atoms with Crippen molar-refractivity contribution in [1.82, 2.24) is 15.0 Å². The number of fused-ring (bicyclic) bond motifs is 1. The second-order valence-electron chi connectivity index (χ2n) is 3.82. The number of benzene rings is 1. The summed E-state index contributed by atoms with van der Waals surface area (Å²) in [6.07, 6.45) is -4.71. The van der Waals surface area contributed by atoms with E-state index in [1.807, 2.05) is 0 Å². The monoisotopic (exact) mass is 268 g/mol. The molecule has 1 aromatic carbocycles. The first-order valence-corrected chi connectivity index (χ1v) is 5.22. The van der Waals surface area contributed by atoms with Gasteiger partial charge in [-0.05, 0) is 12.1 Å². The molecule has 5 nitrogen and oxygen atoms in total. The molecule has 0 aliphatic rings. The third-order valence-electron chi connectivity index (χ3n) is 2.54. The summed E-state index contributed by atoms with van der Waals surface area (Å²) in [5.74, 6) is -2.29. The molecular formula is C11H7F3N4O. The van der Waals surface area contributed by atoms with Crippen molar-refractivity contribution >= 4 is 10.9 Å². The third kappa shape index (κ3) is 2.54. The van der Waals surface area contributed by atoms with Crippen molar-refractivity contribution in [3.8, 4) is 6.07 Å². The van der Waals surface area contributed by atoms with Crippen LogP contribution in [0.15, 0.2) is 29.1 Å². The number of hydrogen-bond acceptors (Lipinski definition) is 4. The molecule has 0 aliphatic carbocycles. The van der Waals surface area contributed by atoms with Crippen LogP contribution in [0.5, 0.6) is 0 Å². The summed E-state index contributed by atoms with van der Waals surface area (Å²) in [6.45, 7) is -0.864. The van der Waals surface area contributed by atoms with Crippen LogP contribution < -0.4 is 5.56 Å². The second-order valence-corrected chi connectivity index (χ2v) is 3.82. The van der Waals surface area contributed by atoms with E-state index in [9.17, 15) is 18.0 Å². The van der Waals surface area contributed by atoms with Gasteiger partial charge in [-0.2, -0.15) is 18.4 Å². The van der Waals surface area contributed by atoms with E-state index in [1.165, 1.54) is 12.1 Å². The summed E-state index contributed by atoms with van der Waals surface area (Å²) >= 11 is 0. The summed E-state index contributed by atoms with van der Waals surface area (Å²) in [5, 5.41) is 15.7.